The third-order valence-corrected chi connectivity index (χ3v) is 2.43. The van der Waals surface area contributed by atoms with Gasteiger partial charge in [-0.1, -0.05) is 70.9 Å². The van der Waals surface area contributed by atoms with Crippen LogP contribution < -0.4 is 5.32 Å². The number of unbranched alkanes of at least 4 members (excludes halogenated alkanes) is 6. The van der Waals surface area contributed by atoms with Crippen molar-refractivity contribution in [2.75, 3.05) is 0 Å². The van der Waals surface area contributed by atoms with Gasteiger partial charge in [-0.15, -0.1) is 37.2 Å². The van der Waals surface area contributed by atoms with E-state index in [-0.39, 0.29) is 37.2 Å². The lowest BCUT2D eigenvalue weighted by molar-refractivity contribution is 0.602. The Morgan fingerprint density at radius 2 is 0.947 bits per heavy atom. The van der Waals surface area contributed by atoms with E-state index in [4.69, 9.17) is 0 Å². The zero-order chi connectivity index (χ0) is 11.9. The molecular weight excluding hydrogens is 301 g/mol. The molecule has 0 atom stereocenters. The molecule has 1 N–H and O–H groups in total. The van der Waals surface area contributed by atoms with Crippen LogP contribution in [0, 0.1) is 0 Å². The van der Waals surface area contributed by atoms with Gasteiger partial charge in [0, 0.05) is 12.4 Å². The first-order valence-corrected chi connectivity index (χ1v) is 6.66. The number of rotatable bonds is 6. The van der Waals surface area contributed by atoms with Crippen molar-refractivity contribution in [2.24, 2.45) is 0 Å². The van der Waals surface area contributed by atoms with Crippen molar-refractivity contribution in [1.29, 1.82) is 0 Å². The van der Waals surface area contributed by atoms with Crippen LogP contribution in [-0.2, 0) is 0 Å². The Hall–Kier alpha value is -0.110. The van der Waals surface area contributed by atoms with E-state index in [1.54, 1.807) is 0 Å². The number of hydrogen-bond donors (Lipinski definition) is 1. The molecule has 1 nitrogen and oxygen atoms in total. The minimum absolute atomic E-state index is 0. The first-order chi connectivity index (χ1) is 7.91. The molecule has 0 aliphatic carbocycles. The Morgan fingerprint density at radius 1 is 0.579 bits per heavy atom. The normalized spacial score (nSPS) is 10.6. The molecule has 0 radical (unpaired) electrons. The van der Waals surface area contributed by atoms with Gasteiger partial charge in [-0.3, -0.25) is 0 Å². The highest BCUT2D eigenvalue weighted by Gasteiger charge is 1.85. The van der Waals surface area contributed by atoms with E-state index in [1.807, 2.05) is 36.7 Å². The summed E-state index contributed by atoms with van der Waals surface area (Å²) in [5.74, 6) is 0. The van der Waals surface area contributed by atoms with Crippen LogP contribution in [0.3, 0.4) is 0 Å². The van der Waals surface area contributed by atoms with Gasteiger partial charge in [0.1, 0.15) is 0 Å². The first-order valence-electron chi connectivity index (χ1n) is 6.66. The van der Waals surface area contributed by atoms with Crippen LogP contribution in [0.25, 0.3) is 0 Å². The molecule has 0 spiro atoms. The maximum atomic E-state index is 2.92. The maximum Gasteiger partial charge on any atom is 0.000442 e. The Labute approximate surface area is 138 Å². The van der Waals surface area contributed by atoms with Crippen LogP contribution in [0.4, 0.5) is 0 Å². The molecule has 4 heteroatoms. The van der Waals surface area contributed by atoms with Gasteiger partial charge in [-0.25, -0.2) is 0 Å². The second-order valence-corrected chi connectivity index (χ2v) is 4.04. The lowest BCUT2D eigenvalue weighted by atomic mass is 10.1. The molecule has 0 saturated carbocycles. The highest BCUT2D eigenvalue weighted by Crippen LogP contribution is 2.05. The van der Waals surface area contributed by atoms with Crippen molar-refractivity contribution in [3.8, 4) is 0 Å². The molecule has 1 rings (SSSR count). The summed E-state index contributed by atoms with van der Waals surface area (Å²) in [7, 11) is 0. The third kappa shape index (κ3) is 27.2. The number of allylic oxidation sites excluding steroid dienone is 4. The van der Waals surface area contributed by atoms with Gasteiger partial charge in [-0.05, 0) is 12.2 Å². The Balaban J connectivity index is -0.000000104. The van der Waals surface area contributed by atoms with Gasteiger partial charge in [0.25, 0.3) is 0 Å². The summed E-state index contributed by atoms with van der Waals surface area (Å²) in [6, 6.07) is 0. The highest BCUT2D eigenvalue weighted by atomic mass is 35.5. The molecule has 0 aromatic heterocycles. The van der Waals surface area contributed by atoms with E-state index in [0.29, 0.717) is 0 Å². The lowest BCUT2D eigenvalue weighted by Gasteiger charge is -1.96. The molecule has 0 bridgehead atoms. The van der Waals surface area contributed by atoms with Crippen LogP contribution in [0.15, 0.2) is 36.7 Å². The molecule has 1 aliphatic heterocycles. The fourth-order valence-corrected chi connectivity index (χ4v) is 1.44. The van der Waals surface area contributed by atoms with Gasteiger partial charge in [0.2, 0.25) is 0 Å². The SMILES string of the molecule is C1=CC=CNC=C1.CCCCCCCCC.Cl.Cl.Cl. The Bertz CT molecular complexity index is 193. The molecule has 1 aliphatic rings. The largest absolute Gasteiger partial charge is 0.368 e. The standard InChI is InChI=1S/C9H20.C6H7N.3ClH/c1-3-5-7-9-8-6-4-2;1-2-4-6-7-5-3-1;;;/h3-9H2,1-2H3;1-7H;3*1H. The molecule has 0 unspecified atom stereocenters. The summed E-state index contributed by atoms with van der Waals surface area (Å²) in [6.45, 7) is 4.53. The summed E-state index contributed by atoms with van der Waals surface area (Å²) in [5.41, 5.74) is 0. The number of hydrogen-bond acceptors (Lipinski definition) is 1. The van der Waals surface area contributed by atoms with Crippen molar-refractivity contribution < 1.29 is 0 Å². The fraction of sp³-hybridized carbons (Fsp3) is 0.600. The average Bonchev–Trinajstić information content (AvgIpc) is 2.62. The van der Waals surface area contributed by atoms with Crippen LogP contribution in [-0.4, -0.2) is 0 Å². The van der Waals surface area contributed by atoms with Crippen molar-refractivity contribution in [1.82, 2.24) is 5.32 Å². The minimum Gasteiger partial charge on any atom is -0.368 e. The monoisotopic (exact) mass is 329 g/mol. The van der Waals surface area contributed by atoms with Crippen LogP contribution in [0.2, 0.25) is 0 Å². The van der Waals surface area contributed by atoms with Crippen LogP contribution in [0.1, 0.15) is 58.8 Å². The molecule has 116 valence electrons. The summed E-state index contributed by atoms with van der Waals surface area (Å²) in [5, 5.41) is 2.92. The zero-order valence-electron chi connectivity index (χ0n) is 12.1. The summed E-state index contributed by atoms with van der Waals surface area (Å²) < 4.78 is 0. The van der Waals surface area contributed by atoms with Crippen molar-refractivity contribution in [3.05, 3.63) is 36.7 Å². The van der Waals surface area contributed by atoms with Crippen molar-refractivity contribution in [2.45, 2.75) is 58.8 Å². The predicted molar refractivity (Wildman–Crippen MR) is 96.0 cm³/mol. The second kappa shape index (κ2) is 26.5. The molecule has 0 fully saturated rings. The molecule has 19 heavy (non-hydrogen) atoms. The van der Waals surface area contributed by atoms with E-state index in [1.165, 1.54) is 44.9 Å². The van der Waals surface area contributed by atoms with Gasteiger partial charge in [-0.2, -0.15) is 0 Å². The molecule has 0 saturated heterocycles. The Kier molecular flexibility index (Phi) is 38.0. The molecule has 0 amide bonds. The number of nitrogens with one attached hydrogen (secondary N) is 1. The van der Waals surface area contributed by atoms with Crippen molar-refractivity contribution >= 4 is 37.2 Å². The van der Waals surface area contributed by atoms with Crippen molar-refractivity contribution in [3.63, 3.8) is 0 Å². The van der Waals surface area contributed by atoms with Crippen LogP contribution in [0.5, 0.6) is 0 Å². The quantitative estimate of drug-likeness (QED) is 0.572. The number of halogens is 3. The zero-order valence-corrected chi connectivity index (χ0v) is 14.6. The average molecular weight is 331 g/mol. The molecular formula is C15H30Cl3N. The van der Waals surface area contributed by atoms with E-state index in [2.05, 4.69) is 19.2 Å². The topological polar surface area (TPSA) is 12.0 Å². The lowest BCUT2D eigenvalue weighted by Crippen LogP contribution is -1.87. The third-order valence-electron chi connectivity index (χ3n) is 2.43. The molecule has 0 aromatic rings. The van der Waals surface area contributed by atoms with Gasteiger partial charge in [0.15, 0.2) is 0 Å². The molecule has 0 aromatic carbocycles. The highest BCUT2D eigenvalue weighted by molar-refractivity contribution is 5.86. The van der Waals surface area contributed by atoms with Gasteiger partial charge < -0.3 is 5.32 Å². The fourth-order valence-electron chi connectivity index (χ4n) is 1.44. The van der Waals surface area contributed by atoms with Crippen LogP contribution >= 0.6 is 37.2 Å². The summed E-state index contributed by atoms with van der Waals surface area (Å²) in [6.07, 6.45) is 21.5. The van der Waals surface area contributed by atoms with E-state index in [0.717, 1.165) is 0 Å². The van der Waals surface area contributed by atoms with E-state index < -0.39 is 0 Å². The summed E-state index contributed by atoms with van der Waals surface area (Å²) in [4.78, 5) is 0. The van der Waals surface area contributed by atoms with E-state index in [9.17, 15) is 0 Å². The first kappa shape index (κ1) is 27.3. The summed E-state index contributed by atoms with van der Waals surface area (Å²) >= 11 is 0. The molecule has 1 heterocycles. The Morgan fingerprint density at radius 3 is 1.32 bits per heavy atom. The van der Waals surface area contributed by atoms with Gasteiger partial charge >= 0.3 is 0 Å². The predicted octanol–water partition coefficient (Wildman–Crippen LogP) is 6.20. The maximum absolute atomic E-state index is 2.92. The van der Waals surface area contributed by atoms with Gasteiger partial charge in [0.05, 0.1) is 0 Å². The second-order valence-electron chi connectivity index (χ2n) is 4.04. The smallest absolute Gasteiger partial charge is 0.000442 e. The minimum atomic E-state index is 0. The van der Waals surface area contributed by atoms with E-state index >= 15 is 0 Å².